The first-order valence-electron chi connectivity index (χ1n) is 2.37. The maximum atomic E-state index is 11.2. The number of amides is 1. The molecule has 1 aliphatic rings. The molecule has 0 aromatic heterocycles. The third-order valence-electron chi connectivity index (χ3n) is 1.09. The Balaban J connectivity index is 2.33. The van der Waals surface area contributed by atoms with E-state index < -0.39 is 11.3 Å². The molecule has 0 atom stereocenters. The van der Waals surface area contributed by atoms with Crippen molar-refractivity contribution in [1.29, 1.82) is 0 Å². The molecule has 0 aromatic carbocycles. The second-order valence-corrected chi connectivity index (χ2v) is 1.85. The molecular formula is C4H5F2NO. The van der Waals surface area contributed by atoms with Crippen molar-refractivity contribution in [2.24, 2.45) is 5.92 Å². The van der Waals surface area contributed by atoms with Crippen LogP contribution in [0.5, 0.6) is 0 Å². The summed E-state index contributed by atoms with van der Waals surface area (Å²) in [7, 11) is 0. The van der Waals surface area contributed by atoms with Gasteiger partial charge >= 0.3 is 0 Å². The van der Waals surface area contributed by atoms with Gasteiger partial charge in [-0.25, -0.2) is 0 Å². The highest BCUT2D eigenvalue weighted by atomic mass is 19.4. The van der Waals surface area contributed by atoms with E-state index in [-0.39, 0.29) is 5.92 Å². The molecular weight excluding hydrogens is 116 g/mol. The van der Waals surface area contributed by atoms with E-state index in [0.29, 0.717) is 12.8 Å². The lowest BCUT2D eigenvalue weighted by molar-refractivity contribution is -0.188. The summed E-state index contributed by atoms with van der Waals surface area (Å²) in [4.78, 5) is 10.1. The van der Waals surface area contributed by atoms with E-state index in [1.807, 2.05) is 0 Å². The first-order chi connectivity index (χ1) is 3.72. The van der Waals surface area contributed by atoms with Gasteiger partial charge in [-0.1, -0.05) is 8.96 Å². The van der Waals surface area contributed by atoms with Crippen LogP contribution in [0.15, 0.2) is 0 Å². The largest absolute Gasteiger partial charge is 0.286 e. The molecule has 0 N–H and O–H groups in total. The van der Waals surface area contributed by atoms with E-state index in [4.69, 9.17) is 0 Å². The number of carbonyl (C=O) groups excluding carboxylic acids is 1. The zero-order valence-electron chi connectivity index (χ0n) is 4.10. The molecule has 1 rings (SSSR count). The molecule has 0 aliphatic heterocycles. The van der Waals surface area contributed by atoms with Gasteiger partial charge in [0.2, 0.25) is 0 Å². The van der Waals surface area contributed by atoms with E-state index in [1.165, 1.54) is 0 Å². The summed E-state index contributed by atoms with van der Waals surface area (Å²) < 4.78 is 22.4. The lowest BCUT2D eigenvalue weighted by atomic mass is 10.4. The predicted molar refractivity (Wildman–Crippen MR) is 21.8 cm³/mol. The van der Waals surface area contributed by atoms with Crippen molar-refractivity contribution in [1.82, 2.24) is 5.34 Å². The molecule has 1 aliphatic carbocycles. The Morgan fingerprint density at radius 2 is 2.00 bits per heavy atom. The minimum Gasteiger partial charge on any atom is -0.269 e. The minimum atomic E-state index is -1.34. The van der Waals surface area contributed by atoms with E-state index in [1.54, 1.807) is 0 Å². The van der Waals surface area contributed by atoms with Gasteiger partial charge < -0.3 is 0 Å². The monoisotopic (exact) mass is 121 g/mol. The Hall–Kier alpha value is -0.670. The number of rotatable bonds is 1. The highest BCUT2D eigenvalue weighted by molar-refractivity contribution is 5.78. The molecule has 0 unspecified atom stereocenters. The normalized spacial score (nSPS) is 18.2. The van der Waals surface area contributed by atoms with Crippen molar-refractivity contribution in [3.05, 3.63) is 0 Å². The van der Waals surface area contributed by atoms with Crippen LogP contribution >= 0.6 is 0 Å². The highest BCUT2D eigenvalue weighted by Crippen LogP contribution is 2.31. The zero-order valence-corrected chi connectivity index (χ0v) is 4.10. The quantitative estimate of drug-likeness (QED) is 0.474. The smallest absolute Gasteiger partial charge is 0.269 e. The molecule has 1 fully saturated rings. The SMILES string of the molecule is O=C(C1CC1)N(F)F. The molecule has 1 amide bonds. The molecule has 4 heteroatoms. The van der Waals surface area contributed by atoms with Crippen LogP contribution in [-0.4, -0.2) is 11.3 Å². The van der Waals surface area contributed by atoms with Crippen LogP contribution in [-0.2, 0) is 4.79 Å². The summed E-state index contributed by atoms with van der Waals surface area (Å²) in [5.41, 5.74) is 0. The molecule has 46 valence electrons. The van der Waals surface area contributed by atoms with Gasteiger partial charge in [-0.3, -0.25) is 4.79 Å². The third kappa shape index (κ3) is 0.936. The molecule has 0 bridgehead atoms. The molecule has 0 saturated heterocycles. The highest BCUT2D eigenvalue weighted by Gasteiger charge is 2.34. The molecule has 8 heavy (non-hydrogen) atoms. The lowest BCUT2D eigenvalue weighted by Gasteiger charge is -1.94. The van der Waals surface area contributed by atoms with Gasteiger partial charge in [-0.2, -0.15) is 0 Å². The second kappa shape index (κ2) is 1.69. The number of nitrogens with zero attached hydrogens (tertiary/aromatic N) is 1. The molecule has 1 saturated carbocycles. The molecule has 0 spiro atoms. The fourth-order valence-corrected chi connectivity index (χ4v) is 0.468. The van der Waals surface area contributed by atoms with E-state index in [9.17, 15) is 13.8 Å². The topological polar surface area (TPSA) is 20.3 Å². The summed E-state index contributed by atoms with van der Waals surface area (Å²) in [5.74, 6) is -1.41. The standard InChI is InChI=1S/C4H5F2NO/c5-7(6)4(8)3-1-2-3/h3H,1-2H2. The first kappa shape index (κ1) is 5.47. The Morgan fingerprint density at radius 3 is 2.12 bits per heavy atom. The maximum absolute atomic E-state index is 11.2. The third-order valence-corrected chi connectivity index (χ3v) is 1.09. The summed E-state index contributed by atoms with van der Waals surface area (Å²) in [6, 6.07) is 0. The van der Waals surface area contributed by atoms with E-state index in [2.05, 4.69) is 0 Å². The summed E-state index contributed by atoms with van der Waals surface area (Å²) >= 11 is 0. The lowest BCUT2D eigenvalue weighted by Crippen LogP contribution is -2.14. The zero-order chi connectivity index (χ0) is 6.15. The van der Waals surface area contributed by atoms with Gasteiger partial charge in [0, 0.05) is 5.92 Å². The number of carbonyl (C=O) groups is 1. The van der Waals surface area contributed by atoms with E-state index >= 15 is 0 Å². The van der Waals surface area contributed by atoms with Gasteiger partial charge in [-0.05, 0) is 18.2 Å². The minimum absolute atomic E-state index is 0.370. The Bertz CT molecular complexity index is 107. The number of halogens is 2. The second-order valence-electron chi connectivity index (χ2n) is 1.85. The van der Waals surface area contributed by atoms with Gasteiger partial charge in [0.1, 0.15) is 0 Å². The molecule has 0 aromatic rings. The van der Waals surface area contributed by atoms with E-state index in [0.717, 1.165) is 0 Å². The Morgan fingerprint density at radius 1 is 1.50 bits per heavy atom. The van der Waals surface area contributed by atoms with Gasteiger partial charge in [0.15, 0.2) is 0 Å². The van der Waals surface area contributed by atoms with Crippen LogP contribution in [0, 0.1) is 5.92 Å². The van der Waals surface area contributed by atoms with Gasteiger partial charge in [0.25, 0.3) is 5.91 Å². The number of hydrogen-bond acceptors (Lipinski definition) is 1. The molecule has 0 radical (unpaired) electrons. The van der Waals surface area contributed by atoms with Crippen LogP contribution in [0.4, 0.5) is 8.96 Å². The van der Waals surface area contributed by atoms with Crippen LogP contribution in [0.25, 0.3) is 0 Å². The molecule has 2 nitrogen and oxygen atoms in total. The summed E-state index contributed by atoms with van der Waals surface area (Å²) in [6.07, 6.45) is 1.26. The average molecular weight is 121 g/mol. The fourth-order valence-electron chi connectivity index (χ4n) is 0.468. The van der Waals surface area contributed by atoms with Crippen LogP contribution in [0.2, 0.25) is 0 Å². The number of hydrogen-bond donors (Lipinski definition) is 0. The summed E-state index contributed by atoms with van der Waals surface area (Å²) in [5, 5.41) is -1.34. The fraction of sp³-hybridized carbons (Fsp3) is 0.750. The van der Waals surface area contributed by atoms with Crippen LogP contribution < -0.4 is 0 Å². The molecule has 0 heterocycles. The van der Waals surface area contributed by atoms with Crippen molar-refractivity contribution >= 4 is 5.91 Å². The van der Waals surface area contributed by atoms with Crippen LogP contribution in [0.1, 0.15) is 12.8 Å². The van der Waals surface area contributed by atoms with Crippen molar-refractivity contribution < 1.29 is 13.8 Å². The van der Waals surface area contributed by atoms with Crippen molar-refractivity contribution in [2.45, 2.75) is 12.8 Å². The van der Waals surface area contributed by atoms with Gasteiger partial charge in [0.05, 0.1) is 0 Å². The first-order valence-corrected chi connectivity index (χ1v) is 2.37. The average Bonchev–Trinajstić information content (AvgIpc) is 2.43. The predicted octanol–water partition coefficient (Wildman–Crippen LogP) is 0.994. The van der Waals surface area contributed by atoms with Crippen molar-refractivity contribution in [2.75, 3.05) is 0 Å². The maximum Gasteiger partial charge on any atom is 0.286 e. The van der Waals surface area contributed by atoms with Crippen molar-refractivity contribution in [3.8, 4) is 0 Å². The Kier molecular flexibility index (Phi) is 1.15. The summed E-state index contributed by atoms with van der Waals surface area (Å²) in [6.45, 7) is 0. The van der Waals surface area contributed by atoms with Crippen molar-refractivity contribution in [3.63, 3.8) is 0 Å². The van der Waals surface area contributed by atoms with Crippen LogP contribution in [0.3, 0.4) is 0 Å². The Labute approximate surface area is 45.0 Å². The van der Waals surface area contributed by atoms with Gasteiger partial charge in [-0.15, -0.1) is 0 Å².